The smallest absolute Gasteiger partial charge is 0.260 e. The van der Waals surface area contributed by atoms with Gasteiger partial charge in [-0.2, -0.15) is 0 Å². The third-order valence-electron chi connectivity index (χ3n) is 4.69. The first-order valence-electron chi connectivity index (χ1n) is 8.51. The molecule has 0 saturated carbocycles. The largest absolute Gasteiger partial charge is 0.360 e. The van der Waals surface area contributed by atoms with Crippen LogP contribution in [0.25, 0.3) is 11.3 Å². The van der Waals surface area contributed by atoms with Crippen molar-refractivity contribution in [3.8, 4) is 11.3 Å². The minimum atomic E-state index is -0.129. The van der Waals surface area contributed by atoms with E-state index in [4.69, 9.17) is 20.6 Å². The first kappa shape index (κ1) is 16.8. The molecule has 1 aliphatic rings. The molecule has 0 spiro atoms. The standard InChI is InChI=1S/C19H18ClN3O3/c1-11-10-16(26-21-11)15-8-5-9-23(15)19(24)17-12(2)25-22-18(17)13-6-3-4-7-14(13)20/h3-4,6-7,10,15H,5,8-9H2,1-2H3. The lowest BCUT2D eigenvalue weighted by molar-refractivity contribution is 0.0713. The summed E-state index contributed by atoms with van der Waals surface area (Å²) in [4.78, 5) is 15.2. The summed E-state index contributed by atoms with van der Waals surface area (Å²) in [5.41, 5.74) is 2.40. The number of aromatic nitrogens is 2. The molecule has 26 heavy (non-hydrogen) atoms. The van der Waals surface area contributed by atoms with Gasteiger partial charge in [-0.25, -0.2) is 0 Å². The maximum Gasteiger partial charge on any atom is 0.260 e. The van der Waals surface area contributed by atoms with Crippen LogP contribution in [0.15, 0.2) is 39.4 Å². The Kier molecular flexibility index (Phi) is 4.28. The zero-order chi connectivity index (χ0) is 18.3. The van der Waals surface area contributed by atoms with Gasteiger partial charge in [-0.15, -0.1) is 0 Å². The highest BCUT2D eigenvalue weighted by Gasteiger charge is 2.36. The number of nitrogens with zero attached hydrogens (tertiary/aromatic N) is 3. The second-order valence-corrected chi connectivity index (χ2v) is 6.88. The number of hydrogen-bond donors (Lipinski definition) is 0. The van der Waals surface area contributed by atoms with E-state index in [1.807, 2.05) is 31.2 Å². The summed E-state index contributed by atoms with van der Waals surface area (Å²) >= 11 is 6.30. The van der Waals surface area contributed by atoms with Crippen LogP contribution in [0.2, 0.25) is 5.02 Å². The van der Waals surface area contributed by atoms with Crippen molar-refractivity contribution >= 4 is 17.5 Å². The van der Waals surface area contributed by atoms with Gasteiger partial charge in [0.25, 0.3) is 5.91 Å². The highest BCUT2D eigenvalue weighted by molar-refractivity contribution is 6.33. The fourth-order valence-electron chi connectivity index (χ4n) is 3.45. The number of rotatable bonds is 3. The van der Waals surface area contributed by atoms with Crippen molar-refractivity contribution in [1.29, 1.82) is 0 Å². The van der Waals surface area contributed by atoms with Crippen LogP contribution in [0.5, 0.6) is 0 Å². The monoisotopic (exact) mass is 371 g/mol. The van der Waals surface area contributed by atoms with Crippen molar-refractivity contribution in [1.82, 2.24) is 15.2 Å². The van der Waals surface area contributed by atoms with Crippen molar-refractivity contribution in [2.24, 2.45) is 0 Å². The van der Waals surface area contributed by atoms with Gasteiger partial charge in [0.2, 0.25) is 0 Å². The summed E-state index contributed by atoms with van der Waals surface area (Å²) in [7, 11) is 0. The van der Waals surface area contributed by atoms with E-state index >= 15 is 0 Å². The number of amides is 1. The van der Waals surface area contributed by atoms with Gasteiger partial charge in [0.15, 0.2) is 5.76 Å². The molecule has 4 rings (SSSR count). The molecule has 1 saturated heterocycles. The van der Waals surface area contributed by atoms with E-state index in [1.54, 1.807) is 17.9 Å². The second kappa shape index (κ2) is 6.61. The van der Waals surface area contributed by atoms with Gasteiger partial charge in [0.1, 0.15) is 17.0 Å². The highest BCUT2D eigenvalue weighted by Crippen LogP contribution is 2.37. The van der Waals surface area contributed by atoms with E-state index in [-0.39, 0.29) is 11.9 Å². The molecule has 7 heteroatoms. The van der Waals surface area contributed by atoms with Gasteiger partial charge in [-0.05, 0) is 32.8 Å². The maximum atomic E-state index is 13.3. The number of benzene rings is 1. The number of carbonyl (C=O) groups is 1. The molecule has 1 amide bonds. The number of hydrogen-bond acceptors (Lipinski definition) is 5. The van der Waals surface area contributed by atoms with E-state index in [0.717, 1.165) is 18.5 Å². The van der Waals surface area contributed by atoms with E-state index < -0.39 is 0 Å². The van der Waals surface area contributed by atoms with Crippen LogP contribution in [-0.2, 0) is 0 Å². The lowest BCUT2D eigenvalue weighted by Crippen LogP contribution is -2.31. The molecule has 0 radical (unpaired) electrons. The Morgan fingerprint density at radius 2 is 2.04 bits per heavy atom. The molecule has 1 aromatic carbocycles. The predicted molar refractivity (Wildman–Crippen MR) is 95.9 cm³/mol. The Morgan fingerprint density at radius 1 is 1.23 bits per heavy atom. The van der Waals surface area contributed by atoms with Crippen LogP contribution in [0.3, 0.4) is 0 Å². The van der Waals surface area contributed by atoms with E-state index in [2.05, 4.69) is 10.3 Å². The molecule has 2 aromatic heterocycles. The molecule has 6 nitrogen and oxygen atoms in total. The molecule has 3 aromatic rings. The number of carbonyl (C=O) groups excluding carboxylic acids is 1. The van der Waals surface area contributed by atoms with Crippen LogP contribution >= 0.6 is 11.6 Å². The van der Waals surface area contributed by atoms with Crippen LogP contribution in [0, 0.1) is 13.8 Å². The lowest BCUT2D eigenvalue weighted by atomic mass is 10.0. The molecule has 1 fully saturated rings. The zero-order valence-corrected chi connectivity index (χ0v) is 15.3. The average molecular weight is 372 g/mol. The molecule has 0 bridgehead atoms. The number of aryl methyl sites for hydroxylation is 2. The summed E-state index contributed by atoms with van der Waals surface area (Å²) in [5, 5.41) is 8.58. The summed E-state index contributed by atoms with van der Waals surface area (Å²) in [6, 6.07) is 9.05. The Balaban J connectivity index is 1.73. The number of likely N-dealkylation sites (tertiary alicyclic amines) is 1. The Hall–Kier alpha value is -2.60. The van der Waals surface area contributed by atoms with E-state index in [9.17, 15) is 4.79 Å². The van der Waals surface area contributed by atoms with Crippen molar-refractivity contribution in [3.63, 3.8) is 0 Å². The summed E-state index contributed by atoms with van der Waals surface area (Å²) in [6.07, 6.45) is 1.74. The van der Waals surface area contributed by atoms with Gasteiger partial charge < -0.3 is 13.9 Å². The Bertz CT molecular complexity index is 963. The molecule has 3 heterocycles. The Labute approximate surface area is 155 Å². The second-order valence-electron chi connectivity index (χ2n) is 6.47. The average Bonchev–Trinajstić information content (AvgIpc) is 3.34. The molecule has 134 valence electrons. The molecule has 1 unspecified atom stereocenters. The third-order valence-corrected chi connectivity index (χ3v) is 5.02. The molecule has 1 atom stereocenters. The van der Waals surface area contributed by atoms with Crippen LogP contribution in [-0.4, -0.2) is 27.7 Å². The SMILES string of the molecule is Cc1cc(C2CCCN2C(=O)c2c(-c3ccccc3Cl)noc2C)on1. The van der Waals surface area contributed by atoms with Crippen molar-refractivity contribution in [2.75, 3.05) is 6.54 Å². The van der Waals surface area contributed by atoms with Crippen LogP contribution in [0.4, 0.5) is 0 Å². The van der Waals surface area contributed by atoms with Gasteiger partial charge in [0, 0.05) is 18.2 Å². The maximum absolute atomic E-state index is 13.3. The summed E-state index contributed by atoms with van der Waals surface area (Å²) < 4.78 is 10.7. The van der Waals surface area contributed by atoms with Crippen LogP contribution in [0.1, 0.15) is 46.5 Å². The summed E-state index contributed by atoms with van der Waals surface area (Å²) in [6.45, 7) is 4.26. The fourth-order valence-corrected chi connectivity index (χ4v) is 3.68. The highest BCUT2D eigenvalue weighted by atomic mass is 35.5. The molecular formula is C19H18ClN3O3. The third kappa shape index (κ3) is 2.80. The van der Waals surface area contributed by atoms with Gasteiger partial charge >= 0.3 is 0 Å². The van der Waals surface area contributed by atoms with Gasteiger partial charge in [-0.3, -0.25) is 4.79 Å². The van der Waals surface area contributed by atoms with Crippen LogP contribution < -0.4 is 0 Å². The van der Waals surface area contributed by atoms with Gasteiger partial charge in [0.05, 0.1) is 16.8 Å². The van der Waals surface area contributed by atoms with Crippen molar-refractivity contribution in [2.45, 2.75) is 32.7 Å². The minimum absolute atomic E-state index is 0.128. The predicted octanol–water partition coefficient (Wildman–Crippen LogP) is 4.58. The van der Waals surface area contributed by atoms with Crippen molar-refractivity contribution in [3.05, 3.63) is 58.1 Å². The van der Waals surface area contributed by atoms with E-state index in [1.165, 1.54) is 0 Å². The lowest BCUT2D eigenvalue weighted by Gasteiger charge is -2.22. The normalized spacial score (nSPS) is 17.0. The topological polar surface area (TPSA) is 72.4 Å². The Morgan fingerprint density at radius 3 is 2.77 bits per heavy atom. The van der Waals surface area contributed by atoms with Crippen molar-refractivity contribution < 1.29 is 13.8 Å². The zero-order valence-electron chi connectivity index (χ0n) is 14.5. The molecular weight excluding hydrogens is 354 g/mol. The summed E-state index contributed by atoms with van der Waals surface area (Å²) in [5.74, 6) is 1.06. The van der Waals surface area contributed by atoms with E-state index in [0.29, 0.717) is 39.9 Å². The number of halogens is 1. The first-order chi connectivity index (χ1) is 12.6. The minimum Gasteiger partial charge on any atom is -0.360 e. The molecule has 0 N–H and O–H groups in total. The molecule has 1 aliphatic heterocycles. The molecule has 0 aliphatic carbocycles. The first-order valence-corrected chi connectivity index (χ1v) is 8.89. The fraction of sp³-hybridized carbons (Fsp3) is 0.316. The quantitative estimate of drug-likeness (QED) is 0.673. The van der Waals surface area contributed by atoms with Gasteiger partial charge in [-0.1, -0.05) is 40.1 Å².